The van der Waals surface area contributed by atoms with Gasteiger partial charge in [0.05, 0.1) is 12.0 Å². The normalized spacial score (nSPS) is 19.4. The minimum atomic E-state index is -0.704. The number of aromatic nitrogens is 1. The van der Waals surface area contributed by atoms with Crippen LogP contribution in [0.4, 0.5) is 0 Å². The molecule has 0 radical (unpaired) electrons. The number of hydrogen-bond acceptors (Lipinski definition) is 3. The van der Waals surface area contributed by atoms with Gasteiger partial charge in [0.25, 0.3) is 5.91 Å². The predicted molar refractivity (Wildman–Crippen MR) is 119 cm³/mol. The van der Waals surface area contributed by atoms with Gasteiger partial charge in [0.2, 0.25) is 5.91 Å². The molecule has 0 aliphatic heterocycles. The van der Waals surface area contributed by atoms with Crippen LogP contribution in [0.1, 0.15) is 47.8 Å². The summed E-state index contributed by atoms with van der Waals surface area (Å²) >= 11 is 0. The first-order valence-electron chi connectivity index (χ1n) is 10.7. The monoisotopic (exact) mass is 414 g/mol. The molecule has 0 spiro atoms. The van der Waals surface area contributed by atoms with Crippen LogP contribution in [-0.4, -0.2) is 22.4 Å². The second-order valence-electron chi connectivity index (χ2n) is 8.10. The van der Waals surface area contributed by atoms with Gasteiger partial charge in [-0.2, -0.15) is 5.26 Å². The molecule has 31 heavy (non-hydrogen) atoms. The van der Waals surface area contributed by atoms with E-state index in [9.17, 15) is 14.9 Å². The number of nitrogens with zero attached hydrogens (tertiary/aromatic N) is 2. The molecular weight excluding hydrogens is 388 g/mol. The van der Waals surface area contributed by atoms with E-state index in [4.69, 9.17) is 0 Å². The summed E-state index contributed by atoms with van der Waals surface area (Å²) < 4.78 is 1.88. The maximum atomic E-state index is 13.1. The third-order valence-corrected chi connectivity index (χ3v) is 6.15. The quantitative estimate of drug-likeness (QED) is 0.665. The summed E-state index contributed by atoms with van der Waals surface area (Å²) in [6.07, 6.45) is 3.33. The van der Waals surface area contributed by atoms with Crippen LogP contribution < -0.4 is 10.6 Å². The van der Waals surface area contributed by atoms with Crippen molar-refractivity contribution in [2.24, 2.45) is 13.0 Å². The molecule has 1 heterocycles. The molecule has 1 aliphatic carbocycles. The van der Waals surface area contributed by atoms with Gasteiger partial charge in [-0.3, -0.25) is 9.59 Å². The van der Waals surface area contributed by atoms with Crippen molar-refractivity contribution >= 4 is 22.7 Å². The molecule has 3 aromatic rings. The van der Waals surface area contributed by atoms with Crippen molar-refractivity contribution in [1.82, 2.24) is 15.2 Å². The number of benzene rings is 2. The summed E-state index contributed by atoms with van der Waals surface area (Å²) in [4.78, 5) is 26.1. The van der Waals surface area contributed by atoms with Crippen molar-refractivity contribution in [3.63, 3.8) is 0 Å². The van der Waals surface area contributed by atoms with Crippen molar-refractivity contribution in [1.29, 1.82) is 5.26 Å². The minimum Gasteiger partial charge on any atom is -0.347 e. The number of fused-ring (bicyclic) bond motifs is 1. The number of aryl methyl sites for hydroxylation is 1. The lowest BCUT2D eigenvalue weighted by atomic mass is 9.83. The van der Waals surface area contributed by atoms with E-state index in [1.54, 1.807) is 0 Å². The Hall–Kier alpha value is -3.59. The smallest absolute Gasteiger partial charge is 0.268 e. The number of nitriles is 1. The van der Waals surface area contributed by atoms with E-state index in [1.165, 1.54) is 0 Å². The van der Waals surface area contributed by atoms with Crippen LogP contribution >= 0.6 is 0 Å². The van der Waals surface area contributed by atoms with Gasteiger partial charge in [-0.1, -0.05) is 61.4 Å². The van der Waals surface area contributed by atoms with E-state index in [0.29, 0.717) is 12.1 Å². The zero-order chi connectivity index (χ0) is 21.8. The summed E-state index contributed by atoms with van der Waals surface area (Å²) in [6, 6.07) is 20.2. The number of carbonyl (C=O) groups is 2. The first-order valence-corrected chi connectivity index (χ1v) is 10.7. The SMILES string of the molecule is Cn1c(C(=O)NC2CCCCC2C(=O)NC(C#N)c2ccccc2)cc2ccccc21. The van der Waals surface area contributed by atoms with E-state index < -0.39 is 6.04 Å². The lowest BCUT2D eigenvalue weighted by molar-refractivity contribution is -0.127. The molecule has 2 amide bonds. The number of para-hydroxylation sites is 1. The lowest BCUT2D eigenvalue weighted by Crippen LogP contribution is -2.49. The Labute approximate surface area is 181 Å². The molecule has 158 valence electrons. The standard InChI is InChI=1S/C25H26N4O2/c1-29-22-14-8-5-11-18(22)15-23(29)25(31)27-20-13-7-6-12-19(20)24(30)28-21(16-26)17-9-3-2-4-10-17/h2-5,8-11,14-15,19-21H,6-7,12-13H2,1H3,(H,27,31)(H,28,30). The second kappa shape index (κ2) is 9.05. The Kier molecular flexibility index (Phi) is 6.03. The van der Waals surface area contributed by atoms with Crippen LogP contribution in [0.3, 0.4) is 0 Å². The molecule has 2 aromatic carbocycles. The molecule has 6 heteroatoms. The Balaban J connectivity index is 1.49. The van der Waals surface area contributed by atoms with Crippen LogP contribution in [0.2, 0.25) is 0 Å². The molecule has 1 saturated carbocycles. The van der Waals surface area contributed by atoms with Crippen molar-refractivity contribution in [3.05, 3.63) is 71.9 Å². The molecule has 4 rings (SSSR count). The van der Waals surface area contributed by atoms with Gasteiger partial charge in [0.1, 0.15) is 11.7 Å². The van der Waals surface area contributed by atoms with Gasteiger partial charge in [0, 0.05) is 24.0 Å². The van der Waals surface area contributed by atoms with Crippen LogP contribution in [0.15, 0.2) is 60.7 Å². The van der Waals surface area contributed by atoms with E-state index in [-0.39, 0.29) is 23.8 Å². The average molecular weight is 415 g/mol. The zero-order valence-electron chi connectivity index (χ0n) is 17.5. The van der Waals surface area contributed by atoms with Crippen molar-refractivity contribution in [2.45, 2.75) is 37.8 Å². The van der Waals surface area contributed by atoms with E-state index in [1.807, 2.05) is 72.3 Å². The fourth-order valence-electron chi connectivity index (χ4n) is 4.45. The van der Waals surface area contributed by atoms with Crippen LogP contribution in [0, 0.1) is 17.2 Å². The Bertz CT molecular complexity index is 1130. The van der Waals surface area contributed by atoms with E-state index >= 15 is 0 Å². The van der Waals surface area contributed by atoms with Gasteiger partial charge in [0.15, 0.2) is 0 Å². The molecular formula is C25H26N4O2. The summed E-state index contributed by atoms with van der Waals surface area (Å²) in [7, 11) is 1.87. The molecule has 2 N–H and O–H groups in total. The van der Waals surface area contributed by atoms with Crippen molar-refractivity contribution < 1.29 is 9.59 Å². The topological polar surface area (TPSA) is 86.9 Å². The maximum Gasteiger partial charge on any atom is 0.268 e. The Morgan fingerprint density at radius 2 is 1.77 bits per heavy atom. The highest BCUT2D eigenvalue weighted by atomic mass is 16.2. The van der Waals surface area contributed by atoms with Crippen LogP contribution in [0.25, 0.3) is 10.9 Å². The third-order valence-electron chi connectivity index (χ3n) is 6.15. The van der Waals surface area contributed by atoms with Gasteiger partial charge in [-0.25, -0.2) is 0 Å². The Morgan fingerprint density at radius 1 is 1.06 bits per heavy atom. The first kappa shape index (κ1) is 20.7. The number of amides is 2. The summed E-state index contributed by atoms with van der Waals surface area (Å²) in [6.45, 7) is 0. The number of rotatable bonds is 5. The average Bonchev–Trinajstić information content (AvgIpc) is 3.15. The van der Waals surface area contributed by atoms with Gasteiger partial charge < -0.3 is 15.2 Å². The lowest BCUT2D eigenvalue weighted by Gasteiger charge is -2.32. The summed E-state index contributed by atoms with van der Waals surface area (Å²) in [5, 5.41) is 16.5. The molecule has 3 atom stereocenters. The summed E-state index contributed by atoms with van der Waals surface area (Å²) in [5.41, 5.74) is 2.32. The first-order chi connectivity index (χ1) is 15.1. The molecule has 0 bridgehead atoms. The number of nitrogens with one attached hydrogen (secondary N) is 2. The highest BCUT2D eigenvalue weighted by Crippen LogP contribution is 2.27. The highest BCUT2D eigenvalue weighted by molar-refractivity contribution is 5.99. The maximum absolute atomic E-state index is 13.1. The number of hydrogen-bond donors (Lipinski definition) is 2. The van der Waals surface area contributed by atoms with Crippen molar-refractivity contribution in [3.8, 4) is 6.07 Å². The molecule has 1 aliphatic rings. The fraction of sp³-hybridized carbons (Fsp3) is 0.320. The highest BCUT2D eigenvalue weighted by Gasteiger charge is 2.33. The van der Waals surface area contributed by atoms with Gasteiger partial charge in [-0.05, 0) is 30.5 Å². The van der Waals surface area contributed by atoms with Crippen molar-refractivity contribution in [2.75, 3.05) is 0 Å². The largest absolute Gasteiger partial charge is 0.347 e. The molecule has 1 fully saturated rings. The molecule has 3 unspecified atom stereocenters. The van der Waals surface area contributed by atoms with Gasteiger partial charge >= 0.3 is 0 Å². The van der Waals surface area contributed by atoms with E-state index in [2.05, 4.69) is 16.7 Å². The minimum absolute atomic E-state index is 0.178. The predicted octanol–water partition coefficient (Wildman–Crippen LogP) is 3.85. The fourth-order valence-corrected chi connectivity index (χ4v) is 4.45. The Morgan fingerprint density at radius 3 is 2.52 bits per heavy atom. The van der Waals surface area contributed by atoms with Gasteiger partial charge in [-0.15, -0.1) is 0 Å². The third kappa shape index (κ3) is 4.31. The molecule has 6 nitrogen and oxygen atoms in total. The van der Waals surface area contributed by atoms with Crippen LogP contribution in [-0.2, 0) is 11.8 Å². The van der Waals surface area contributed by atoms with Crippen LogP contribution in [0.5, 0.6) is 0 Å². The summed E-state index contributed by atoms with van der Waals surface area (Å²) in [5.74, 6) is -0.715. The zero-order valence-corrected chi connectivity index (χ0v) is 17.5. The van der Waals surface area contributed by atoms with E-state index in [0.717, 1.165) is 35.7 Å². The number of carbonyl (C=O) groups excluding carboxylic acids is 2. The second-order valence-corrected chi connectivity index (χ2v) is 8.10. The molecule has 1 aromatic heterocycles. The molecule has 0 saturated heterocycles.